The average Bonchev–Trinajstić information content (AvgIpc) is 2.88. The van der Waals surface area contributed by atoms with Gasteiger partial charge in [0.15, 0.2) is 5.82 Å². The van der Waals surface area contributed by atoms with Gasteiger partial charge >= 0.3 is 0 Å². The smallest absolute Gasteiger partial charge is 0.153 e. The molecule has 20 heavy (non-hydrogen) atoms. The molecule has 1 aliphatic heterocycles. The van der Waals surface area contributed by atoms with Gasteiger partial charge in [0.05, 0.1) is 19.4 Å². The van der Waals surface area contributed by atoms with Crippen molar-refractivity contribution in [2.45, 2.75) is 26.4 Å². The van der Waals surface area contributed by atoms with Crippen LogP contribution in [-0.2, 0) is 15.1 Å². The van der Waals surface area contributed by atoms with Crippen molar-refractivity contribution in [2.24, 2.45) is 0 Å². The maximum Gasteiger partial charge on any atom is 0.153 e. The van der Waals surface area contributed by atoms with E-state index in [2.05, 4.69) is 10.1 Å². The van der Waals surface area contributed by atoms with Crippen molar-refractivity contribution in [1.29, 1.82) is 0 Å². The van der Waals surface area contributed by atoms with Gasteiger partial charge in [-0.1, -0.05) is 13.8 Å². The van der Waals surface area contributed by atoms with E-state index in [1.807, 2.05) is 45.3 Å². The molecule has 108 valence electrons. The van der Waals surface area contributed by atoms with E-state index < -0.39 is 0 Å². The van der Waals surface area contributed by atoms with Crippen LogP contribution in [0.1, 0.15) is 25.0 Å². The van der Waals surface area contributed by atoms with Gasteiger partial charge in [0.2, 0.25) is 0 Å². The predicted molar refractivity (Wildman–Crippen MR) is 77.0 cm³/mol. The fourth-order valence-electron chi connectivity index (χ4n) is 2.06. The van der Waals surface area contributed by atoms with Crippen molar-refractivity contribution in [2.75, 3.05) is 20.3 Å². The summed E-state index contributed by atoms with van der Waals surface area (Å²) in [7, 11) is 1.71. The Morgan fingerprint density at radius 2 is 2.10 bits per heavy atom. The van der Waals surface area contributed by atoms with Crippen LogP contribution in [0.25, 0.3) is 5.82 Å². The standard InChI is InChI=1S/C13H15N3O2.C2H6/c1-10-6-15-16(7-10)12-5-11(3-4-14-12)13(17-2)8-18-9-13;1-2/h3-7H,8-9H2,1-2H3;1-2H3. The van der Waals surface area contributed by atoms with E-state index in [9.17, 15) is 0 Å². The Morgan fingerprint density at radius 3 is 2.60 bits per heavy atom. The number of aromatic nitrogens is 3. The van der Waals surface area contributed by atoms with Crippen LogP contribution >= 0.6 is 0 Å². The van der Waals surface area contributed by atoms with Crippen molar-refractivity contribution >= 4 is 0 Å². The van der Waals surface area contributed by atoms with Gasteiger partial charge < -0.3 is 9.47 Å². The van der Waals surface area contributed by atoms with Gasteiger partial charge in [0.25, 0.3) is 0 Å². The lowest BCUT2D eigenvalue weighted by Gasteiger charge is -2.40. The van der Waals surface area contributed by atoms with Gasteiger partial charge in [-0.25, -0.2) is 9.67 Å². The second-order valence-electron chi connectivity index (χ2n) is 4.56. The molecular weight excluding hydrogens is 254 g/mol. The van der Waals surface area contributed by atoms with Crippen LogP contribution in [0.2, 0.25) is 0 Å². The summed E-state index contributed by atoms with van der Waals surface area (Å²) in [5.41, 5.74) is 1.87. The van der Waals surface area contributed by atoms with Gasteiger partial charge in [-0.05, 0) is 30.2 Å². The van der Waals surface area contributed by atoms with Crippen LogP contribution in [0.5, 0.6) is 0 Å². The number of pyridine rings is 1. The summed E-state index contributed by atoms with van der Waals surface area (Å²) in [6.45, 7) is 7.18. The lowest BCUT2D eigenvalue weighted by molar-refractivity contribution is -0.202. The molecule has 1 saturated heterocycles. The number of rotatable bonds is 3. The molecule has 2 aromatic heterocycles. The second-order valence-corrected chi connectivity index (χ2v) is 4.56. The number of nitrogens with zero attached hydrogens (tertiary/aromatic N) is 3. The molecule has 3 heterocycles. The Balaban J connectivity index is 0.000000704. The molecule has 0 bridgehead atoms. The zero-order chi connectivity index (χ0) is 14.6. The van der Waals surface area contributed by atoms with Crippen LogP contribution < -0.4 is 0 Å². The van der Waals surface area contributed by atoms with Gasteiger partial charge in [-0.3, -0.25) is 0 Å². The number of hydrogen-bond donors (Lipinski definition) is 0. The summed E-state index contributed by atoms with van der Waals surface area (Å²) >= 11 is 0. The molecule has 0 unspecified atom stereocenters. The molecule has 0 N–H and O–H groups in total. The fourth-order valence-corrected chi connectivity index (χ4v) is 2.06. The Morgan fingerprint density at radius 1 is 1.35 bits per heavy atom. The predicted octanol–water partition coefficient (Wildman–Crippen LogP) is 2.47. The van der Waals surface area contributed by atoms with E-state index in [0.29, 0.717) is 13.2 Å². The maximum atomic E-state index is 5.57. The molecule has 1 aliphatic rings. The molecule has 2 aromatic rings. The molecule has 0 aromatic carbocycles. The van der Waals surface area contributed by atoms with E-state index >= 15 is 0 Å². The van der Waals surface area contributed by atoms with E-state index in [-0.39, 0.29) is 5.60 Å². The van der Waals surface area contributed by atoms with E-state index in [1.165, 1.54) is 0 Å². The third-order valence-electron chi connectivity index (χ3n) is 3.28. The average molecular weight is 275 g/mol. The van der Waals surface area contributed by atoms with Gasteiger partial charge in [-0.2, -0.15) is 5.10 Å². The largest absolute Gasteiger partial charge is 0.375 e. The molecule has 0 aliphatic carbocycles. The Labute approximate surface area is 119 Å². The van der Waals surface area contributed by atoms with Crippen molar-refractivity contribution in [3.63, 3.8) is 0 Å². The molecule has 0 radical (unpaired) electrons. The molecule has 0 amide bonds. The van der Waals surface area contributed by atoms with Gasteiger partial charge in [0, 0.05) is 19.5 Å². The Bertz CT molecular complexity index is 556. The lowest BCUT2D eigenvalue weighted by atomic mass is 9.92. The highest BCUT2D eigenvalue weighted by molar-refractivity contribution is 5.33. The van der Waals surface area contributed by atoms with E-state index in [1.54, 1.807) is 18.0 Å². The summed E-state index contributed by atoms with van der Waals surface area (Å²) in [5, 5.41) is 4.26. The number of ether oxygens (including phenoxy) is 2. The van der Waals surface area contributed by atoms with Gasteiger partial charge in [-0.15, -0.1) is 0 Å². The molecular formula is C15H21N3O2. The molecule has 0 spiro atoms. The summed E-state index contributed by atoms with van der Waals surface area (Å²) < 4.78 is 12.6. The van der Waals surface area contributed by atoms with Crippen LogP contribution in [-0.4, -0.2) is 35.1 Å². The lowest BCUT2D eigenvalue weighted by Crippen LogP contribution is -2.48. The maximum absolute atomic E-state index is 5.57. The summed E-state index contributed by atoms with van der Waals surface area (Å²) in [5.74, 6) is 0.795. The highest BCUT2D eigenvalue weighted by Crippen LogP contribution is 2.33. The second kappa shape index (κ2) is 6.15. The Hall–Kier alpha value is -1.72. The normalized spacial score (nSPS) is 16.0. The molecule has 0 saturated carbocycles. The third kappa shape index (κ3) is 2.59. The first-order valence-corrected chi connectivity index (χ1v) is 6.85. The minimum atomic E-state index is -0.320. The van der Waals surface area contributed by atoms with E-state index in [4.69, 9.17) is 9.47 Å². The van der Waals surface area contributed by atoms with Crippen LogP contribution in [0, 0.1) is 6.92 Å². The van der Waals surface area contributed by atoms with Crippen LogP contribution in [0.3, 0.4) is 0 Å². The quantitative estimate of drug-likeness (QED) is 0.863. The first kappa shape index (κ1) is 14.7. The zero-order valence-electron chi connectivity index (χ0n) is 12.5. The molecule has 0 atom stereocenters. The van der Waals surface area contributed by atoms with Crippen molar-refractivity contribution < 1.29 is 9.47 Å². The summed E-state index contributed by atoms with van der Waals surface area (Å²) in [4.78, 5) is 4.33. The summed E-state index contributed by atoms with van der Waals surface area (Å²) in [6.07, 6.45) is 5.54. The minimum absolute atomic E-state index is 0.320. The molecule has 5 heteroatoms. The molecule has 3 rings (SSSR count). The topological polar surface area (TPSA) is 49.2 Å². The SMILES string of the molecule is CC.COC1(c2ccnc(-n3cc(C)cn3)c2)COC1. The fraction of sp³-hybridized carbons (Fsp3) is 0.467. The first-order chi connectivity index (χ1) is 9.73. The first-order valence-electron chi connectivity index (χ1n) is 6.85. The summed E-state index contributed by atoms with van der Waals surface area (Å²) in [6, 6.07) is 3.96. The highest BCUT2D eigenvalue weighted by Gasteiger charge is 2.40. The van der Waals surface area contributed by atoms with Gasteiger partial charge in [0.1, 0.15) is 5.60 Å². The van der Waals surface area contributed by atoms with Crippen LogP contribution in [0.4, 0.5) is 0 Å². The number of hydrogen-bond acceptors (Lipinski definition) is 4. The number of methoxy groups -OCH3 is 1. The minimum Gasteiger partial charge on any atom is -0.375 e. The molecule has 5 nitrogen and oxygen atoms in total. The van der Waals surface area contributed by atoms with E-state index in [0.717, 1.165) is 16.9 Å². The van der Waals surface area contributed by atoms with Crippen LogP contribution in [0.15, 0.2) is 30.7 Å². The Kier molecular flexibility index (Phi) is 4.52. The molecule has 1 fully saturated rings. The monoisotopic (exact) mass is 275 g/mol. The van der Waals surface area contributed by atoms with Crippen molar-refractivity contribution in [3.05, 3.63) is 41.9 Å². The third-order valence-corrected chi connectivity index (χ3v) is 3.28. The van der Waals surface area contributed by atoms with Crippen molar-refractivity contribution in [1.82, 2.24) is 14.8 Å². The highest BCUT2D eigenvalue weighted by atomic mass is 16.6. The zero-order valence-corrected chi connectivity index (χ0v) is 12.5. The number of aryl methyl sites for hydroxylation is 1. The van der Waals surface area contributed by atoms with Crippen molar-refractivity contribution in [3.8, 4) is 5.82 Å².